The number of guanidine groups is 1. The highest BCUT2D eigenvalue weighted by Gasteiger charge is 2.33. The van der Waals surface area contributed by atoms with Crippen LogP contribution in [0.4, 0.5) is 32.2 Å². The van der Waals surface area contributed by atoms with Crippen LogP contribution in [-0.2, 0) is 18.9 Å². The Hall–Kier alpha value is -4.09. The number of hydrogen-bond donors (Lipinski definition) is 3. The molecule has 34 heavy (non-hydrogen) atoms. The summed E-state index contributed by atoms with van der Waals surface area (Å²) in [5, 5.41) is 4.89. The van der Waals surface area contributed by atoms with E-state index < -0.39 is 41.5 Å². The molecular formula is C22H16F6N4O2. The summed E-state index contributed by atoms with van der Waals surface area (Å²) in [6.07, 6.45) is -9.22. The number of nitrogens with one attached hydrogen (secondary N) is 3. The van der Waals surface area contributed by atoms with Gasteiger partial charge in [-0.2, -0.15) is 26.3 Å². The van der Waals surface area contributed by atoms with Crippen molar-refractivity contribution < 1.29 is 31.1 Å². The molecule has 1 aromatic heterocycles. The van der Waals surface area contributed by atoms with Crippen molar-refractivity contribution in [2.75, 3.05) is 5.32 Å². The van der Waals surface area contributed by atoms with Crippen LogP contribution in [0.3, 0.4) is 0 Å². The molecule has 0 aliphatic heterocycles. The standard InChI is InChI=1S/C22H16F6N4O2/c23-21(24,25)15-10-8-13(9-11-15)19(34)32-20(31-17-6-3-7-18(33)30-17)29-12-14-4-1-2-5-16(14)22(26,27)28/h1-11H,12H2,(H3,29,30,31,32,33,34). The van der Waals surface area contributed by atoms with Crippen LogP contribution in [0, 0.1) is 0 Å². The summed E-state index contributed by atoms with van der Waals surface area (Å²) in [5.41, 5.74) is -2.71. The molecule has 0 radical (unpaired) electrons. The summed E-state index contributed by atoms with van der Waals surface area (Å²) in [6, 6.07) is 12.0. The summed E-state index contributed by atoms with van der Waals surface area (Å²) in [6.45, 7) is -0.498. The third-order valence-electron chi connectivity index (χ3n) is 4.46. The van der Waals surface area contributed by atoms with E-state index in [0.717, 1.165) is 18.2 Å². The molecule has 0 aliphatic carbocycles. The Morgan fingerprint density at radius 1 is 0.853 bits per heavy atom. The number of amides is 1. The van der Waals surface area contributed by atoms with Crippen LogP contribution in [0.25, 0.3) is 0 Å². The molecule has 3 aromatic rings. The third kappa shape index (κ3) is 6.47. The summed E-state index contributed by atoms with van der Waals surface area (Å²) in [7, 11) is 0. The zero-order valence-corrected chi connectivity index (χ0v) is 17.1. The molecule has 0 spiro atoms. The molecule has 0 aliphatic rings. The van der Waals surface area contributed by atoms with Crippen molar-refractivity contribution in [2.24, 2.45) is 4.99 Å². The van der Waals surface area contributed by atoms with Gasteiger partial charge in [0.2, 0.25) is 11.5 Å². The van der Waals surface area contributed by atoms with Gasteiger partial charge in [-0.05, 0) is 42.0 Å². The van der Waals surface area contributed by atoms with Gasteiger partial charge in [-0.1, -0.05) is 24.3 Å². The number of alkyl halides is 6. The Balaban J connectivity index is 1.88. The number of hydrogen-bond acceptors (Lipinski definition) is 3. The number of benzene rings is 2. The number of pyridine rings is 1. The molecule has 6 nitrogen and oxygen atoms in total. The number of carbonyl (C=O) groups is 1. The maximum Gasteiger partial charge on any atom is 0.416 e. The average molecular weight is 482 g/mol. The van der Waals surface area contributed by atoms with Crippen molar-refractivity contribution in [3.05, 3.63) is 99.3 Å². The number of H-pyrrole nitrogens is 1. The third-order valence-corrected chi connectivity index (χ3v) is 4.46. The molecular weight excluding hydrogens is 466 g/mol. The molecule has 0 bridgehead atoms. The number of halogens is 6. The highest BCUT2D eigenvalue weighted by Crippen LogP contribution is 2.32. The van der Waals surface area contributed by atoms with Gasteiger partial charge < -0.3 is 10.3 Å². The molecule has 12 heteroatoms. The van der Waals surface area contributed by atoms with Crippen LogP contribution in [-0.4, -0.2) is 16.9 Å². The van der Waals surface area contributed by atoms with E-state index in [4.69, 9.17) is 0 Å². The van der Waals surface area contributed by atoms with E-state index in [9.17, 15) is 35.9 Å². The van der Waals surface area contributed by atoms with E-state index in [0.29, 0.717) is 12.1 Å². The molecule has 178 valence electrons. The highest BCUT2D eigenvalue weighted by molar-refractivity contribution is 6.09. The summed E-state index contributed by atoms with van der Waals surface area (Å²) >= 11 is 0. The summed E-state index contributed by atoms with van der Waals surface area (Å²) in [5.74, 6) is -1.13. The van der Waals surface area contributed by atoms with E-state index in [1.54, 1.807) is 0 Å². The van der Waals surface area contributed by atoms with Crippen LogP contribution < -0.4 is 16.2 Å². The second-order valence-electron chi connectivity index (χ2n) is 6.90. The lowest BCUT2D eigenvalue weighted by atomic mass is 10.1. The zero-order valence-electron chi connectivity index (χ0n) is 17.1. The number of rotatable bonds is 4. The van der Waals surface area contributed by atoms with Crippen LogP contribution in [0.15, 0.2) is 76.5 Å². The highest BCUT2D eigenvalue weighted by atomic mass is 19.4. The van der Waals surface area contributed by atoms with E-state index in [1.807, 2.05) is 0 Å². The zero-order chi connectivity index (χ0) is 24.9. The van der Waals surface area contributed by atoms with E-state index in [-0.39, 0.29) is 22.9 Å². The van der Waals surface area contributed by atoms with Gasteiger partial charge in [0.1, 0.15) is 5.82 Å². The van der Waals surface area contributed by atoms with Gasteiger partial charge in [-0.25, -0.2) is 4.99 Å². The number of nitrogens with zero attached hydrogens (tertiary/aromatic N) is 1. The first-order valence-electron chi connectivity index (χ1n) is 9.58. The lowest BCUT2D eigenvalue weighted by molar-refractivity contribution is -0.138. The Kier molecular flexibility index (Phi) is 7.08. The second kappa shape index (κ2) is 9.81. The minimum absolute atomic E-state index is 0.0723. The maximum atomic E-state index is 13.3. The molecule has 0 fully saturated rings. The van der Waals surface area contributed by atoms with Gasteiger partial charge in [-0.15, -0.1) is 0 Å². The van der Waals surface area contributed by atoms with E-state index in [1.165, 1.54) is 36.4 Å². The van der Waals surface area contributed by atoms with Crippen LogP contribution in [0.1, 0.15) is 27.0 Å². The van der Waals surface area contributed by atoms with Crippen molar-refractivity contribution in [3.8, 4) is 0 Å². The molecule has 3 rings (SSSR count). The predicted molar refractivity (Wildman–Crippen MR) is 112 cm³/mol. The van der Waals surface area contributed by atoms with E-state index >= 15 is 0 Å². The van der Waals surface area contributed by atoms with Crippen molar-refractivity contribution in [3.63, 3.8) is 0 Å². The quantitative estimate of drug-likeness (QED) is 0.284. The monoisotopic (exact) mass is 482 g/mol. The molecule has 0 saturated heterocycles. The minimum Gasteiger partial charge on any atom is -0.312 e. The number of aromatic nitrogens is 1. The van der Waals surface area contributed by atoms with Crippen LogP contribution >= 0.6 is 0 Å². The predicted octanol–water partition coefficient (Wildman–Crippen LogP) is 4.81. The molecule has 0 unspecified atom stereocenters. The second-order valence-corrected chi connectivity index (χ2v) is 6.90. The first kappa shape index (κ1) is 24.6. The van der Waals surface area contributed by atoms with Crippen LogP contribution in [0.2, 0.25) is 0 Å². The van der Waals surface area contributed by atoms with Crippen molar-refractivity contribution in [1.82, 2.24) is 10.3 Å². The Morgan fingerprint density at radius 3 is 2.15 bits per heavy atom. The van der Waals surface area contributed by atoms with Gasteiger partial charge in [0, 0.05) is 11.6 Å². The van der Waals surface area contributed by atoms with Gasteiger partial charge in [0.05, 0.1) is 17.7 Å². The van der Waals surface area contributed by atoms with Crippen molar-refractivity contribution in [1.29, 1.82) is 0 Å². The number of carbonyl (C=O) groups excluding carboxylic acids is 1. The number of anilines is 1. The lowest BCUT2D eigenvalue weighted by Crippen LogP contribution is -2.36. The fourth-order valence-electron chi connectivity index (χ4n) is 2.85. The van der Waals surface area contributed by atoms with E-state index in [2.05, 4.69) is 20.6 Å². The Bertz CT molecular complexity index is 1250. The van der Waals surface area contributed by atoms with Gasteiger partial charge in [-0.3, -0.25) is 14.9 Å². The topological polar surface area (TPSA) is 86.3 Å². The maximum absolute atomic E-state index is 13.3. The average Bonchev–Trinajstić information content (AvgIpc) is 2.76. The van der Waals surface area contributed by atoms with Crippen LogP contribution in [0.5, 0.6) is 0 Å². The normalized spacial score (nSPS) is 12.4. The van der Waals surface area contributed by atoms with Gasteiger partial charge >= 0.3 is 12.4 Å². The number of aromatic amines is 1. The molecule has 2 aromatic carbocycles. The van der Waals surface area contributed by atoms with Gasteiger partial charge in [0.15, 0.2) is 0 Å². The minimum atomic E-state index is -4.63. The Morgan fingerprint density at radius 2 is 1.53 bits per heavy atom. The van der Waals surface area contributed by atoms with Gasteiger partial charge in [0.25, 0.3) is 5.91 Å². The first-order valence-corrected chi connectivity index (χ1v) is 9.58. The summed E-state index contributed by atoms with van der Waals surface area (Å²) in [4.78, 5) is 30.5. The lowest BCUT2D eigenvalue weighted by Gasteiger charge is -2.14. The molecule has 0 atom stereocenters. The summed E-state index contributed by atoms with van der Waals surface area (Å²) < 4.78 is 78.0. The fourth-order valence-corrected chi connectivity index (χ4v) is 2.85. The fraction of sp³-hybridized carbons (Fsp3) is 0.136. The first-order chi connectivity index (χ1) is 15.9. The Labute approximate surface area is 188 Å². The smallest absolute Gasteiger partial charge is 0.312 e. The molecule has 3 N–H and O–H groups in total. The number of aliphatic imine (C=N–C) groups is 1. The molecule has 0 saturated carbocycles. The molecule has 1 heterocycles. The van der Waals surface area contributed by atoms with Crippen molar-refractivity contribution in [2.45, 2.75) is 18.9 Å². The van der Waals surface area contributed by atoms with Crippen molar-refractivity contribution >= 4 is 17.7 Å². The SMILES string of the molecule is O=C(NC(=NCc1ccccc1C(F)(F)F)Nc1cccc(=O)[nH]1)c1ccc(C(F)(F)F)cc1. The molecule has 1 amide bonds. The largest absolute Gasteiger partial charge is 0.416 e.